The Morgan fingerprint density at radius 1 is 1.00 bits per heavy atom. The van der Waals surface area contributed by atoms with E-state index in [0.717, 1.165) is 16.2 Å². The number of esters is 1. The average molecular weight is 463 g/mol. The van der Waals surface area contributed by atoms with E-state index in [0.29, 0.717) is 0 Å². The topological polar surface area (TPSA) is 93.1 Å². The number of rotatable bonds is 9. The van der Waals surface area contributed by atoms with Gasteiger partial charge in [0.05, 0.1) is 6.61 Å². The molecule has 6 nitrogen and oxygen atoms in total. The fourth-order valence-electron chi connectivity index (χ4n) is 3.61. The van der Waals surface area contributed by atoms with E-state index in [1.165, 1.54) is 13.0 Å². The molecule has 31 heavy (non-hydrogen) atoms. The third-order valence-electron chi connectivity index (χ3n) is 4.98. The Morgan fingerprint density at radius 3 is 1.87 bits per heavy atom. The van der Waals surface area contributed by atoms with Gasteiger partial charge in [-0.25, -0.2) is 0 Å². The molecule has 0 aliphatic carbocycles. The molecule has 0 fully saturated rings. The molecule has 0 saturated carbocycles. The lowest BCUT2D eigenvalue weighted by molar-refractivity contribution is -0.142. The maximum Gasteiger partial charge on any atom is 0.348 e. The zero-order valence-corrected chi connectivity index (χ0v) is 20.3. The van der Waals surface area contributed by atoms with Crippen molar-refractivity contribution in [2.24, 2.45) is 5.92 Å². The van der Waals surface area contributed by atoms with Crippen LogP contribution in [-0.2, 0) is 18.5 Å². The summed E-state index contributed by atoms with van der Waals surface area (Å²) in [5.41, 5.74) is 0. The minimum atomic E-state index is -4.35. The lowest BCUT2D eigenvalue weighted by Crippen LogP contribution is -2.67. The molecule has 0 heterocycles. The van der Waals surface area contributed by atoms with Gasteiger partial charge in [0.25, 0.3) is 8.32 Å². The maximum atomic E-state index is 11.3. The van der Waals surface area contributed by atoms with Gasteiger partial charge in [-0.1, -0.05) is 87.5 Å². The third kappa shape index (κ3) is 6.99. The lowest BCUT2D eigenvalue weighted by atomic mass is 10.2. The first-order valence-corrected chi connectivity index (χ1v) is 13.7. The summed E-state index contributed by atoms with van der Waals surface area (Å²) in [5, 5.41) is 1.95. The van der Waals surface area contributed by atoms with Gasteiger partial charge >= 0.3 is 13.6 Å². The molecule has 2 rings (SSSR count). The van der Waals surface area contributed by atoms with Crippen LogP contribution >= 0.6 is 7.60 Å². The van der Waals surface area contributed by atoms with E-state index in [9.17, 15) is 19.1 Å². The molecule has 2 aromatic rings. The number of hydrogen-bond donors (Lipinski definition) is 2. The average Bonchev–Trinajstić information content (AvgIpc) is 2.69. The summed E-state index contributed by atoms with van der Waals surface area (Å²) in [6, 6.07) is 20.1. The minimum Gasteiger partial charge on any atom is -0.465 e. The summed E-state index contributed by atoms with van der Waals surface area (Å²) in [5.74, 6) is -0.117. The molecule has 8 heteroatoms. The molecule has 1 unspecified atom stereocenters. The number of hydrogen-bond acceptors (Lipinski definition) is 4. The number of benzene rings is 2. The standard InChI is InChI=1S/C23H31O6PSi/c1-19(24)28-17-20(15-16-30(25,26)27)18-29-31(23(2,3)4,21-11-7-5-8-12-21)22-13-9-6-10-14-22/h5-16,20H,17-18H2,1-4H3,(H2,25,26,27)/b16-15+. The minimum absolute atomic E-state index is 0.0238. The predicted molar refractivity (Wildman–Crippen MR) is 125 cm³/mol. The highest BCUT2D eigenvalue weighted by Crippen LogP contribution is 2.38. The van der Waals surface area contributed by atoms with E-state index < -0.39 is 27.8 Å². The van der Waals surface area contributed by atoms with E-state index in [4.69, 9.17) is 9.16 Å². The van der Waals surface area contributed by atoms with Crippen molar-refractivity contribution in [3.63, 3.8) is 0 Å². The molecule has 0 saturated heterocycles. The van der Waals surface area contributed by atoms with Crippen LogP contribution in [0, 0.1) is 5.92 Å². The van der Waals surface area contributed by atoms with E-state index in [2.05, 4.69) is 45.0 Å². The highest BCUT2D eigenvalue weighted by atomic mass is 31.2. The molecule has 2 aromatic carbocycles. The summed E-state index contributed by atoms with van der Waals surface area (Å²) < 4.78 is 23.2. The van der Waals surface area contributed by atoms with Gasteiger partial charge in [0.15, 0.2) is 0 Å². The summed E-state index contributed by atoms with van der Waals surface area (Å²) in [7, 11) is -7.16. The van der Waals surface area contributed by atoms with Gasteiger partial charge in [0.2, 0.25) is 0 Å². The van der Waals surface area contributed by atoms with Crippen LogP contribution < -0.4 is 10.4 Å². The molecule has 0 bridgehead atoms. The molecule has 0 amide bonds. The largest absolute Gasteiger partial charge is 0.465 e. The smallest absolute Gasteiger partial charge is 0.348 e. The van der Waals surface area contributed by atoms with Crippen molar-refractivity contribution < 1.29 is 28.3 Å². The summed E-state index contributed by atoms with van der Waals surface area (Å²) >= 11 is 0. The van der Waals surface area contributed by atoms with E-state index in [1.807, 2.05) is 36.4 Å². The highest BCUT2D eigenvalue weighted by Gasteiger charge is 2.50. The van der Waals surface area contributed by atoms with Crippen LogP contribution in [0.15, 0.2) is 72.6 Å². The number of carbonyl (C=O) groups excluding carboxylic acids is 1. The van der Waals surface area contributed by atoms with Crippen molar-refractivity contribution in [1.29, 1.82) is 0 Å². The monoisotopic (exact) mass is 462 g/mol. The summed E-state index contributed by atoms with van der Waals surface area (Å²) in [6.07, 6.45) is 1.38. The van der Waals surface area contributed by atoms with Crippen LogP contribution in [0.4, 0.5) is 0 Å². The Balaban J connectivity index is 2.49. The van der Waals surface area contributed by atoms with Gasteiger partial charge in [0.1, 0.15) is 0 Å². The first kappa shape index (κ1) is 25.2. The van der Waals surface area contributed by atoms with E-state index in [1.54, 1.807) is 0 Å². The van der Waals surface area contributed by atoms with Crippen LogP contribution in [0.3, 0.4) is 0 Å². The molecule has 0 spiro atoms. The van der Waals surface area contributed by atoms with Crippen LogP contribution in [0.5, 0.6) is 0 Å². The number of carbonyl (C=O) groups is 1. The fourth-order valence-corrected chi connectivity index (χ4v) is 8.70. The van der Waals surface area contributed by atoms with Gasteiger partial charge in [-0.05, 0) is 15.4 Å². The van der Waals surface area contributed by atoms with Gasteiger partial charge < -0.3 is 18.9 Å². The molecule has 2 N–H and O–H groups in total. The van der Waals surface area contributed by atoms with Crippen molar-refractivity contribution in [2.45, 2.75) is 32.7 Å². The van der Waals surface area contributed by atoms with Crippen LogP contribution in [0.25, 0.3) is 0 Å². The summed E-state index contributed by atoms with van der Waals surface area (Å²) in [6.45, 7) is 7.86. The zero-order valence-electron chi connectivity index (χ0n) is 18.4. The zero-order chi connectivity index (χ0) is 23.1. The third-order valence-corrected chi connectivity index (χ3v) is 10.5. The second-order valence-electron chi connectivity index (χ2n) is 8.47. The second-order valence-corrected chi connectivity index (χ2v) is 14.2. The molecule has 0 radical (unpaired) electrons. The Hall–Kier alpha value is -2.02. The molecule has 1 atom stereocenters. The molecule has 0 aromatic heterocycles. The van der Waals surface area contributed by atoms with Crippen molar-refractivity contribution >= 4 is 32.3 Å². The molecule has 0 aliphatic rings. The van der Waals surface area contributed by atoms with Gasteiger partial charge in [-0.15, -0.1) is 0 Å². The second kappa shape index (κ2) is 10.5. The fraction of sp³-hybridized carbons (Fsp3) is 0.348. The first-order valence-electron chi connectivity index (χ1n) is 10.1. The van der Waals surface area contributed by atoms with Crippen molar-refractivity contribution in [3.8, 4) is 0 Å². The van der Waals surface area contributed by atoms with Crippen molar-refractivity contribution in [3.05, 3.63) is 72.6 Å². The molecule has 168 valence electrons. The molecular weight excluding hydrogens is 431 g/mol. The van der Waals surface area contributed by atoms with Gasteiger partial charge in [0, 0.05) is 25.3 Å². The van der Waals surface area contributed by atoms with Crippen molar-refractivity contribution in [1.82, 2.24) is 0 Å². The van der Waals surface area contributed by atoms with Gasteiger partial charge in [-0.2, -0.15) is 0 Å². The first-order chi connectivity index (χ1) is 14.5. The molecular formula is C23H31O6PSi. The summed E-state index contributed by atoms with van der Waals surface area (Å²) in [4.78, 5) is 29.8. The molecule has 0 aliphatic heterocycles. The maximum absolute atomic E-state index is 11.3. The predicted octanol–water partition coefficient (Wildman–Crippen LogP) is 3.43. The van der Waals surface area contributed by atoms with E-state index >= 15 is 0 Å². The van der Waals surface area contributed by atoms with E-state index in [-0.39, 0.29) is 18.3 Å². The highest BCUT2D eigenvalue weighted by molar-refractivity contribution is 7.55. The van der Waals surface area contributed by atoms with Gasteiger partial charge in [-0.3, -0.25) is 9.36 Å². The Labute approximate surface area is 185 Å². The van der Waals surface area contributed by atoms with Crippen molar-refractivity contribution in [2.75, 3.05) is 13.2 Å². The van der Waals surface area contributed by atoms with Crippen LogP contribution in [-0.4, -0.2) is 37.3 Å². The Morgan fingerprint density at radius 2 is 1.48 bits per heavy atom. The SMILES string of the molecule is CC(=O)OCC(/C=C/P(=O)(O)O)CO[Si](c1ccccc1)(c1ccccc1)C(C)(C)C. The quantitative estimate of drug-likeness (QED) is 0.337. The lowest BCUT2D eigenvalue weighted by Gasteiger charge is -2.43. The number of ether oxygens (including phenoxy) is 1. The normalized spacial score (nSPS) is 13.9. The van der Waals surface area contributed by atoms with Crippen LogP contribution in [0.2, 0.25) is 5.04 Å². The Bertz CT molecular complexity index is 879. The van der Waals surface area contributed by atoms with Crippen LogP contribution in [0.1, 0.15) is 27.7 Å². The Kier molecular flexibility index (Phi) is 8.57.